The van der Waals surface area contributed by atoms with Crippen molar-refractivity contribution < 1.29 is 31.5 Å². The van der Waals surface area contributed by atoms with Crippen LogP contribution in [0.15, 0.2) is 6.20 Å². The van der Waals surface area contributed by atoms with Gasteiger partial charge < -0.3 is 4.74 Å². The van der Waals surface area contributed by atoms with E-state index in [0.29, 0.717) is 6.20 Å². The molecule has 0 amide bonds. The number of aromatic nitrogens is 1. The zero-order valence-corrected chi connectivity index (χ0v) is 10.1. The summed E-state index contributed by atoms with van der Waals surface area (Å²) in [7, 11) is 0. The molecular formula is C10H7ClF5NO2. The summed E-state index contributed by atoms with van der Waals surface area (Å²) in [6, 6.07) is 0. The Hall–Kier alpha value is -1.44. The second kappa shape index (κ2) is 5.68. The second-order valence-corrected chi connectivity index (χ2v) is 3.64. The molecule has 0 spiro atoms. The minimum atomic E-state index is -5.15. The number of hydrogen-bond acceptors (Lipinski definition) is 3. The van der Waals surface area contributed by atoms with Gasteiger partial charge in [0.15, 0.2) is 0 Å². The number of nitrogens with zero attached hydrogens (tertiary/aromatic N) is 1. The lowest BCUT2D eigenvalue weighted by molar-refractivity contribution is -0.139. The molecule has 0 N–H and O–H groups in total. The molecule has 0 saturated carbocycles. The smallest absolute Gasteiger partial charge is 0.419 e. The van der Waals surface area contributed by atoms with Gasteiger partial charge in [0.1, 0.15) is 11.3 Å². The second-order valence-electron chi connectivity index (χ2n) is 3.27. The highest BCUT2D eigenvalue weighted by Gasteiger charge is 2.41. The quantitative estimate of drug-likeness (QED) is 0.628. The number of pyridine rings is 1. The molecule has 19 heavy (non-hydrogen) atoms. The maximum atomic E-state index is 12.7. The van der Waals surface area contributed by atoms with Crippen LogP contribution < -0.4 is 0 Å². The molecule has 106 valence electrons. The van der Waals surface area contributed by atoms with Gasteiger partial charge in [-0.1, -0.05) is 11.6 Å². The topological polar surface area (TPSA) is 39.2 Å². The molecule has 0 bridgehead atoms. The third-order valence-corrected chi connectivity index (χ3v) is 2.42. The molecule has 1 rings (SSSR count). The van der Waals surface area contributed by atoms with E-state index >= 15 is 0 Å². The minimum absolute atomic E-state index is 0.104. The molecule has 1 heterocycles. The van der Waals surface area contributed by atoms with Crippen molar-refractivity contribution in [2.75, 3.05) is 6.61 Å². The van der Waals surface area contributed by atoms with E-state index in [4.69, 9.17) is 11.6 Å². The molecular weight excluding hydrogens is 297 g/mol. The number of carbonyl (C=O) groups excluding carboxylic acids is 1. The summed E-state index contributed by atoms with van der Waals surface area (Å²) in [5.74, 6) is -1.16. The van der Waals surface area contributed by atoms with Gasteiger partial charge in [-0.2, -0.15) is 13.2 Å². The molecule has 0 saturated heterocycles. The van der Waals surface area contributed by atoms with Crippen LogP contribution in [0.1, 0.15) is 35.0 Å². The van der Waals surface area contributed by atoms with Gasteiger partial charge in [0, 0.05) is 6.20 Å². The predicted octanol–water partition coefficient (Wildman–Crippen LogP) is 3.87. The van der Waals surface area contributed by atoms with E-state index in [1.165, 1.54) is 6.92 Å². The molecule has 1 aromatic rings. The summed E-state index contributed by atoms with van der Waals surface area (Å²) in [5, 5.41) is -1.14. The first-order valence-electron chi connectivity index (χ1n) is 4.91. The minimum Gasteiger partial charge on any atom is -0.462 e. The summed E-state index contributed by atoms with van der Waals surface area (Å²) >= 11 is 5.38. The molecule has 0 aliphatic rings. The van der Waals surface area contributed by atoms with Gasteiger partial charge in [0.05, 0.1) is 17.2 Å². The summed E-state index contributed by atoms with van der Waals surface area (Å²) in [6.07, 6.45) is -8.08. The van der Waals surface area contributed by atoms with Gasteiger partial charge in [0.25, 0.3) is 6.43 Å². The highest BCUT2D eigenvalue weighted by atomic mass is 35.5. The molecule has 0 aliphatic heterocycles. The highest BCUT2D eigenvalue weighted by molar-refractivity contribution is 6.34. The number of carbonyl (C=O) groups is 1. The fourth-order valence-corrected chi connectivity index (χ4v) is 1.62. The average molecular weight is 304 g/mol. The van der Waals surface area contributed by atoms with E-state index in [1.54, 1.807) is 0 Å². The van der Waals surface area contributed by atoms with Crippen molar-refractivity contribution in [3.05, 3.63) is 28.0 Å². The molecule has 9 heteroatoms. The molecule has 0 fully saturated rings. The fraction of sp³-hybridized carbons (Fsp3) is 0.400. The fourth-order valence-electron chi connectivity index (χ4n) is 1.29. The molecule has 0 atom stereocenters. The van der Waals surface area contributed by atoms with Crippen LogP contribution in [0.5, 0.6) is 0 Å². The predicted molar refractivity (Wildman–Crippen MR) is 55.2 cm³/mol. The van der Waals surface area contributed by atoms with Crippen molar-refractivity contribution in [2.24, 2.45) is 0 Å². The van der Waals surface area contributed by atoms with Crippen LogP contribution >= 0.6 is 11.6 Å². The van der Waals surface area contributed by atoms with E-state index in [-0.39, 0.29) is 6.61 Å². The molecule has 3 nitrogen and oxygen atoms in total. The van der Waals surface area contributed by atoms with E-state index in [1.807, 2.05) is 0 Å². The first kappa shape index (κ1) is 15.6. The first-order valence-corrected chi connectivity index (χ1v) is 5.28. The van der Waals surface area contributed by atoms with Crippen LogP contribution in [-0.2, 0) is 10.9 Å². The number of alkyl halides is 5. The van der Waals surface area contributed by atoms with Gasteiger partial charge in [-0.05, 0) is 6.92 Å². The Balaban J connectivity index is 3.47. The zero-order chi connectivity index (χ0) is 14.8. The summed E-state index contributed by atoms with van der Waals surface area (Å²) in [5.41, 5.74) is -4.06. The van der Waals surface area contributed by atoms with E-state index in [2.05, 4.69) is 9.72 Å². The van der Waals surface area contributed by atoms with Crippen molar-refractivity contribution in [1.29, 1.82) is 0 Å². The SMILES string of the molecule is CCOC(=O)c1cnc(C(F)F)c(C(F)(F)F)c1Cl. The van der Waals surface area contributed by atoms with Gasteiger partial charge in [0.2, 0.25) is 0 Å². The summed E-state index contributed by atoms with van der Waals surface area (Å²) in [4.78, 5) is 14.3. The lowest BCUT2D eigenvalue weighted by atomic mass is 10.1. The molecule has 0 aromatic carbocycles. The molecule has 1 aromatic heterocycles. The number of esters is 1. The van der Waals surface area contributed by atoms with E-state index in [0.717, 1.165) is 0 Å². The van der Waals surface area contributed by atoms with Crippen LogP contribution in [0.25, 0.3) is 0 Å². The third kappa shape index (κ3) is 3.31. The highest BCUT2D eigenvalue weighted by Crippen LogP contribution is 2.41. The maximum Gasteiger partial charge on any atom is 0.419 e. The van der Waals surface area contributed by atoms with Crippen molar-refractivity contribution in [3.63, 3.8) is 0 Å². The number of rotatable bonds is 3. The van der Waals surface area contributed by atoms with Gasteiger partial charge >= 0.3 is 12.1 Å². The van der Waals surface area contributed by atoms with Crippen molar-refractivity contribution in [2.45, 2.75) is 19.5 Å². The Bertz CT molecular complexity index is 490. The zero-order valence-electron chi connectivity index (χ0n) is 9.39. The number of halogens is 6. The molecule has 0 radical (unpaired) electrons. The lowest BCUT2D eigenvalue weighted by Crippen LogP contribution is -2.16. The van der Waals surface area contributed by atoms with Crippen LogP contribution in [0, 0.1) is 0 Å². The molecule has 0 unspecified atom stereocenters. The normalized spacial score (nSPS) is 11.8. The van der Waals surface area contributed by atoms with Crippen LogP contribution in [-0.4, -0.2) is 17.6 Å². The summed E-state index contributed by atoms with van der Waals surface area (Å²) < 4.78 is 67.5. The van der Waals surface area contributed by atoms with Gasteiger partial charge in [-0.25, -0.2) is 13.6 Å². The maximum absolute atomic E-state index is 12.7. The third-order valence-electron chi connectivity index (χ3n) is 2.03. The first-order chi connectivity index (χ1) is 8.70. The Kier molecular flexibility index (Phi) is 4.67. The Morgan fingerprint density at radius 2 is 2.05 bits per heavy atom. The molecule has 0 aliphatic carbocycles. The standard InChI is InChI=1S/C10H7ClF5NO2/c1-2-19-9(18)4-3-17-7(8(12)13)5(6(4)11)10(14,15)16/h3,8H,2H2,1H3. The summed E-state index contributed by atoms with van der Waals surface area (Å²) in [6.45, 7) is 1.32. The monoisotopic (exact) mass is 303 g/mol. The van der Waals surface area contributed by atoms with Crippen LogP contribution in [0.2, 0.25) is 5.02 Å². The number of hydrogen-bond donors (Lipinski definition) is 0. The largest absolute Gasteiger partial charge is 0.462 e. The van der Waals surface area contributed by atoms with Crippen LogP contribution in [0.3, 0.4) is 0 Å². The Morgan fingerprint density at radius 1 is 1.47 bits per heavy atom. The van der Waals surface area contributed by atoms with Crippen molar-refractivity contribution in [1.82, 2.24) is 4.98 Å². The van der Waals surface area contributed by atoms with Crippen LogP contribution in [0.4, 0.5) is 22.0 Å². The van der Waals surface area contributed by atoms with Gasteiger partial charge in [-0.3, -0.25) is 4.98 Å². The lowest BCUT2D eigenvalue weighted by Gasteiger charge is -2.15. The van der Waals surface area contributed by atoms with Crippen molar-refractivity contribution >= 4 is 17.6 Å². The van der Waals surface area contributed by atoms with E-state index < -0.39 is 40.4 Å². The number of ether oxygens (including phenoxy) is 1. The van der Waals surface area contributed by atoms with E-state index in [9.17, 15) is 26.7 Å². The average Bonchev–Trinajstić information content (AvgIpc) is 2.26. The van der Waals surface area contributed by atoms with Crippen molar-refractivity contribution in [3.8, 4) is 0 Å². The Morgan fingerprint density at radius 3 is 2.47 bits per heavy atom. The van der Waals surface area contributed by atoms with Gasteiger partial charge in [-0.15, -0.1) is 0 Å². The Labute approximate surface area is 109 Å².